The van der Waals surface area contributed by atoms with Crippen LogP contribution in [0, 0.1) is 16.5 Å². The molecule has 3 heterocycles. The highest BCUT2D eigenvalue weighted by molar-refractivity contribution is 7.71. The lowest BCUT2D eigenvalue weighted by molar-refractivity contribution is -0.0504. The summed E-state index contributed by atoms with van der Waals surface area (Å²) in [5, 5.41) is 19.8. The maximum absolute atomic E-state index is 15.5. The Morgan fingerprint density at radius 1 is 1.74 bits per heavy atom. The molecule has 23 heavy (non-hydrogen) atoms. The summed E-state index contributed by atoms with van der Waals surface area (Å²) in [6.45, 7) is -1.64. The van der Waals surface area contributed by atoms with Crippen LogP contribution in [-0.4, -0.2) is 54.2 Å². The largest absolute Gasteiger partial charge is 0.394 e. The molecule has 122 valence electrons. The number of aromatic amines is 1. The first-order valence-electron chi connectivity index (χ1n) is 7.50. The predicted molar refractivity (Wildman–Crippen MR) is 81.4 cm³/mol. The van der Waals surface area contributed by atoms with Crippen molar-refractivity contribution in [2.24, 2.45) is 0 Å². The number of aliphatic hydroxyl groups excluding tert-OH is 1. The van der Waals surface area contributed by atoms with Crippen LogP contribution in [0.25, 0.3) is 11.2 Å². The van der Waals surface area contributed by atoms with Crippen LogP contribution in [0.1, 0.15) is 15.9 Å². The number of H-pyrrole nitrogens is 1. The maximum Gasteiger partial charge on any atom is 0.243 e. The molecule has 5 N–H and O–H groups in total. The third-order valence-electron chi connectivity index (χ3n) is 3.51. The highest BCUT2D eigenvalue weighted by atomic mass is 32.1. The number of nitrogens with two attached hydrogens (primary N) is 1. The van der Waals surface area contributed by atoms with Crippen molar-refractivity contribution in [2.45, 2.75) is 31.0 Å². The monoisotopic (exact) mass is 341 g/mol. The number of hydrogen-bond donors (Lipinski definition) is 4. The highest BCUT2D eigenvalue weighted by Gasteiger charge is 2.57. The first-order valence-corrected chi connectivity index (χ1v) is 6.91. The van der Waals surface area contributed by atoms with Crippen LogP contribution in [0.15, 0.2) is 6.33 Å². The molecule has 1 fully saturated rings. The summed E-state index contributed by atoms with van der Waals surface area (Å²) in [5.41, 5.74) is 3.28. The SMILES string of the molecule is [2H]C([2H])(O)[C@H]1O[C@@H](n2cnc3c(=S)nc(N)[nH]c32)C(F)(C#CC)[C@H]1O. The lowest BCUT2D eigenvalue weighted by atomic mass is 9.96. The van der Waals surface area contributed by atoms with Crippen molar-refractivity contribution in [3.63, 3.8) is 0 Å². The van der Waals surface area contributed by atoms with Gasteiger partial charge in [-0.2, -0.15) is 0 Å². The molecule has 0 aliphatic carbocycles. The van der Waals surface area contributed by atoms with E-state index >= 15 is 4.39 Å². The number of nitrogens with zero attached hydrogens (tertiary/aromatic N) is 3. The van der Waals surface area contributed by atoms with Gasteiger partial charge in [-0.25, -0.2) is 14.4 Å². The molecule has 8 nitrogen and oxygen atoms in total. The second kappa shape index (κ2) is 5.54. The zero-order chi connectivity index (χ0) is 18.6. The lowest BCUT2D eigenvalue weighted by Crippen LogP contribution is -2.42. The fourth-order valence-electron chi connectivity index (χ4n) is 2.51. The topological polar surface area (TPSA) is 122 Å². The Bertz CT molecular complexity index is 949. The van der Waals surface area contributed by atoms with Crippen molar-refractivity contribution in [1.29, 1.82) is 0 Å². The molecule has 10 heteroatoms. The minimum absolute atomic E-state index is 0.0436. The molecule has 1 unspecified atom stereocenters. The van der Waals surface area contributed by atoms with E-state index in [9.17, 15) is 10.2 Å². The number of halogens is 1. The summed E-state index contributed by atoms with van der Waals surface area (Å²) < 4.78 is 36.7. The summed E-state index contributed by atoms with van der Waals surface area (Å²) in [4.78, 5) is 10.5. The molecule has 3 rings (SSSR count). The van der Waals surface area contributed by atoms with Gasteiger partial charge in [-0.05, 0) is 6.92 Å². The van der Waals surface area contributed by atoms with Gasteiger partial charge in [0.25, 0.3) is 0 Å². The molecule has 1 aliphatic rings. The third-order valence-corrected chi connectivity index (χ3v) is 3.80. The molecular weight excluding hydrogens is 325 g/mol. The van der Waals surface area contributed by atoms with Gasteiger partial charge in [0.15, 0.2) is 16.8 Å². The van der Waals surface area contributed by atoms with Crippen molar-refractivity contribution in [3.8, 4) is 11.8 Å². The van der Waals surface area contributed by atoms with Crippen LogP contribution in [-0.2, 0) is 4.74 Å². The summed E-state index contributed by atoms with van der Waals surface area (Å²) in [5.74, 6) is 4.50. The summed E-state index contributed by atoms with van der Waals surface area (Å²) in [7, 11) is 0. The number of anilines is 1. The van der Waals surface area contributed by atoms with Crippen LogP contribution in [0.3, 0.4) is 0 Å². The maximum atomic E-state index is 15.5. The van der Waals surface area contributed by atoms with Gasteiger partial charge >= 0.3 is 0 Å². The van der Waals surface area contributed by atoms with Crippen molar-refractivity contribution in [1.82, 2.24) is 19.5 Å². The van der Waals surface area contributed by atoms with Gasteiger partial charge in [-0.3, -0.25) is 4.57 Å². The van der Waals surface area contributed by atoms with Gasteiger partial charge in [0, 0.05) is 0 Å². The molecule has 2 aromatic rings. The summed E-state index contributed by atoms with van der Waals surface area (Å²) >= 11 is 5.04. The van der Waals surface area contributed by atoms with Crippen molar-refractivity contribution >= 4 is 29.3 Å². The van der Waals surface area contributed by atoms with Crippen LogP contribution in [0.5, 0.6) is 0 Å². The van der Waals surface area contributed by atoms with Gasteiger partial charge in [0.1, 0.15) is 23.4 Å². The van der Waals surface area contributed by atoms with Gasteiger partial charge in [-0.1, -0.05) is 18.1 Å². The van der Waals surface area contributed by atoms with Crippen molar-refractivity contribution in [3.05, 3.63) is 11.0 Å². The molecule has 0 bridgehead atoms. The van der Waals surface area contributed by atoms with Crippen molar-refractivity contribution in [2.75, 3.05) is 12.3 Å². The third kappa shape index (κ3) is 2.29. The molecule has 0 aromatic carbocycles. The number of aliphatic hydroxyl groups is 2. The summed E-state index contributed by atoms with van der Waals surface area (Å²) in [6.07, 6.45) is -4.36. The minimum atomic E-state index is -3.00. The molecule has 0 amide bonds. The second-order valence-electron chi connectivity index (χ2n) is 4.90. The molecule has 1 saturated heterocycles. The second-order valence-corrected chi connectivity index (χ2v) is 5.29. The zero-order valence-electron chi connectivity index (χ0n) is 13.8. The first kappa shape index (κ1) is 13.4. The normalized spacial score (nSPS) is 32.3. The highest BCUT2D eigenvalue weighted by Crippen LogP contribution is 2.42. The van der Waals surface area contributed by atoms with E-state index < -0.39 is 30.7 Å². The number of rotatable bonds is 2. The molecule has 1 aliphatic heterocycles. The van der Waals surface area contributed by atoms with Crippen molar-refractivity contribution < 1.29 is 22.1 Å². The van der Waals surface area contributed by atoms with Crippen LogP contribution >= 0.6 is 12.2 Å². The van der Waals surface area contributed by atoms with Crippen LogP contribution < -0.4 is 5.73 Å². The number of hydrogen-bond acceptors (Lipinski definition) is 7. The Labute approximate surface area is 137 Å². The molecule has 0 saturated carbocycles. The van der Waals surface area contributed by atoms with E-state index in [1.54, 1.807) is 0 Å². The van der Waals surface area contributed by atoms with Crippen LogP contribution in [0.2, 0.25) is 0 Å². The smallest absolute Gasteiger partial charge is 0.243 e. The van der Waals surface area contributed by atoms with E-state index in [-0.39, 0.29) is 21.8 Å². The Hall–Kier alpha value is -2.06. The Morgan fingerprint density at radius 2 is 2.48 bits per heavy atom. The number of nitrogen functional groups attached to an aromatic ring is 1. The Kier molecular flexibility index (Phi) is 3.22. The van der Waals surface area contributed by atoms with E-state index in [1.165, 1.54) is 13.3 Å². The van der Waals surface area contributed by atoms with Gasteiger partial charge < -0.3 is 25.7 Å². The first-order chi connectivity index (χ1) is 11.6. The van der Waals surface area contributed by atoms with Gasteiger partial charge in [0.2, 0.25) is 5.67 Å². The number of aromatic nitrogens is 4. The lowest BCUT2D eigenvalue weighted by Gasteiger charge is -2.24. The number of fused-ring (bicyclic) bond motifs is 1. The standard InChI is InChI=1S/C13H14FN5O3S/c1-2-3-13(14)8(21)6(4-20)22-11(13)19-5-16-7-9(19)17-12(15)18-10(7)23/h5-6,8,11,20-21H,4H2,1H3,(H3,15,17,18,23)/t6-,8+,11-,13?/m1/s1/i4D2. The fraction of sp³-hybridized carbons (Fsp3) is 0.462. The van der Waals surface area contributed by atoms with Crippen LogP contribution in [0.4, 0.5) is 10.3 Å². The fourth-order valence-corrected chi connectivity index (χ4v) is 2.75. The molecule has 4 atom stereocenters. The average molecular weight is 341 g/mol. The van der Waals surface area contributed by atoms with Gasteiger partial charge in [0.05, 0.1) is 15.6 Å². The van der Waals surface area contributed by atoms with E-state index in [0.717, 1.165) is 4.57 Å². The molecular formula is C13H14FN5O3S. The van der Waals surface area contributed by atoms with E-state index in [4.69, 9.17) is 25.4 Å². The van der Waals surface area contributed by atoms with E-state index in [2.05, 4.69) is 26.8 Å². The number of alkyl halides is 1. The Morgan fingerprint density at radius 3 is 3.13 bits per heavy atom. The van der Waals surface area contributed by atoms with E-state index in [1.807, 2.05) is 0 Å². The number of imidazole rings is 1. The number of ether oxygens (including phenoxy) is 1. The predicted octanol–water partition coefficient (Wildman–Crippen LogP) is 0.0533. The minimum Gasteiger partial charge on any atom is -0.394 e. The number of nitrogens with one attached hydrogen (secondary N) is 1. The summed E-state index contributed by atoms with van der Waals surface area (Å²) in [6, 6.07) is 0. The zero-order valence-corrected chi connectivity index (χ0v) is 12.6. The van der Waals surface area contributed by atoms with E-state index in [0.29, 0.717) is 0 Å². The molecule has 0 spiro atoms. The average Bonchev–Trinajstić information content (AvgIpc) is 3.00. The van der Waals surface area contributed by atoms with Gasteiger partial charge in [-0.15, -0.1) is 5.92 Å². The Balaban J connectivity index is 2.21. The quantitative estimate of drug-likeness (QED) is 0.450. The molecule has 2 aromatic heterocycles. The molecule has 0 radical (unpaired) electrons.